The summed E-state index contributed by atoms with van der Waals surface area (Å²) in [6.07, 6.45) is 14.6. The smallest absolute Gasteiger partial charge is 0.130 e. The lowest BCUT2D eigenvalue weighted by Crippen LogP contribution is -2.52. The molecular formula is C25H40N2O. The molecule has 0 aromatic carbocycles. The van der Waals surface area contributed by atoms with Crippen LogP contribution >= 0.6 is 0 Å². The van der Waals surface area contributed by atoms with Crippen LogP contribution in [0.3, 0.4) is 0 Å². The van der Waals surface area contributed by atoms with Crippen molar-refractivity contribution in [2.75, 3.05) is 13.1 Å². The maximum atomic E-state index is 5.96. The molecule has 3 heteroatoms. The molecule has 28 heavy (non-hydrogen) atoms. The lowest BCUT2D eigenvalue weighted by Gasteiger charge is -2.60. The van der Waals surface area contributed by atoms with Crippen molar-refractivity contribution in [3.63, 3.8) is 0 Å². The molecule has 4 unspecified atom stereocenters. The molecule has 0 aromatic heterocycles. The normalized spacial score (nSPS) is 48.1. The van der Waals surface area contributed by atoms with E-state index in [0.717, 1.165) is 56.0 Å². The fourth-order valence-corrected chi connectivity index (χ4v) is 8.10. The molecule has 5 aliphatic rings. The van der Waals surface area contributed by atoms with Gasteiger partial charge in [0.25, 0.3) is 0 Å². The Morgan fingerprint density at radius 1 is 0.964 bits per heavy atom. The molecule has 0 amide bonds. The predicted octanol–water partition coefficient (Wildman–Crippen LogP) is 5.71. The Kier molecular flexibility index (Phi) is 4.89. The van der Waals surface area contributed by atoms with Gasteiger partial charge in [-0.3, -0.25) is 0 Å². The summed E-state index contributed by atoms with van der Waals surface area (Å²) in [7, 11) is 0. The van der Waals surface area contributed by atoms with Crippen molar-refractivity contribution >= 4 is 5.71 Å². The monoisotopic (exact) mass is 384 g/mol. The highest BCUT2D eigenvalue weighted by Crippen LogP contribution is 2.66. The van der Waals surface area contributed by atoms with Crippen LogP contribution in [0.25, 0.3) is 0 Å². The van der Waals surface area contributed by atoms with Gasteiger partial charge in [-0.2, -0.15) is 0 Å². The van der Waals surface area contributed by atoms with Gasteiger partial charge in [-0.25, -0.2) is 0 Å². The first-order chi connectivity index (χ1) is 13.5. The van der Waals surface area contributed by atoms with Gasteiger partial charge < -0.3 is 10.2 Å². The molecular weight excluding hydrogens is 344 g/mol. The van der Waals surface area contributed by atoms with Crippen molar-refractivity contribution in [2.24, 2.45) is 39.7 Å². The topological polar surface area (TPSA) is 33.6 Å². The highest BCUT2D eigenvalue weighted by Gasteiger charge is 2.58. The first-order valence-electron chi connectivity index (χ1n) is 12.1. The van der Waals surface area contributed by atoms with Gasteiger partial charge in [0, 0.05) is 0 Å². The number of oxime groups is 1. The third-order valence-corrected chi connectivity index (χ3v) is 10.1. The molecule has 4 aliphatic carbocycles. The van der Waals surface area contributed by atoms with Crippen LogP contribution in [0.1, 0.15) is 84.5 Å². The molecule has 3 nitrogen and oxygen atoms in total. The van der Waals surface area contributed by atoms with Crippen molar-refractivity contribution in [3.05, 3.63) is 12.2 Å². The van der Waals surface area contributed by atoms with Gasteiger partial charge in [0.05, 0.1) is 5.71 Å². The van der Waals surface area contributed by atoms with Crippen LogP contribution in [0.4, 0.5) is 0 Å². The summed E-state index contributed by atoms with van der Waals surface area (Å²) in [6, 6.07) is 0. The molecule has 1 N–H and O–H groups in total. The minimum atomic E-state index is 0.337. The molecule has 0 bridgehead atoms. The van der Waals surface area contributed by atoms with E-state index in [-0.39, 0.29) is 0 Å². The Labute approximate surface area is 171 Å². The average Bonchev–Trinajstić information content (AvgIpc) is 3.02. The predicted molar refractivity (Wildman–Crippen MR) is 115 cm³/mol. The van der Waals surface area contributed by atoms with E-state index >= 15 is 0 Å². The number of allylic oxidation sites excluding steroid dienone is 1. The summed E-state index contributed by atoms with van der Waals surface area (Å²) >= 11 is 0. The number of piperidine rings is 1. The quantitative estimate of drug-likeness (QED) is 0.489. The second-order valence-electron chi connectivity index (χ2n) is 11.2. The Bertz CT molecular complexity index is 651. The van der Waals surface area contributed by atoms with Gasteiger partial charge in [-0.1, -0.05) is 31.2 Å². The van der Waals surface area contributed by atoms with E-state index in [4.69, 9.17) is 4.84 Å². The molecule has 5 fully saturated rings. The second-order valence-corrected chi connectivity index (χ2v) is 11.2. The Balaban J connectivity index is 1.28. The maximum Gasteiger partial charge on any atom is 0.130 e. The van der Waals surface area contributed by atoms with Gasteiger partial charge >= 0.3 is 0 Å². The molecule has 0 aromatic rings. The van der Waals surface area contributed by atoms with Gasteiger partial charge in [0.15, 0.2) is 0 Å². The molecule has 1 saturated heterocycles. The molecule has 6 atom stereocenters. The molecule has 156 valence electrons. The van der Waals surface area contributed by atoms with Crippen LogP contribution in [0.5, 0.6) is 0 Å². The first-order valence-corrected chi connectivity index (χ1v) is 12.1. The van der Waals surface area contributed by atoms with Crippen molar-refractivity contribution in [2.45, 2.75) is 90.6 Å². The zero-order valence-electron chi connectivity index (χ0n) is 18.1. The largest absolute Gasteiger partial charge is 0.392 e. The van der Waals surface area contributed by atoms with Gasteiger partial charge in [0.1, 0.15) is 6.10 Å². The van der Waals surface area contributed by atoms with Crippen molar-refractivity contribution < 1.29 is 4.84 Å². The summed E-state index contributed by atoms with van der Waals surface area (Å²) in [4.78, 5) is 5.96. The standard InChI is InChI=1S/C25H40N2O/c1-17-4-7-22-21-6-5-18-16-19(27-28-20-10-14-26-15-11-20)8-12-25(18,3)23(21)9-13-24(17,22)2/h18,20-23,26H,1,4-16H2,2-3H3/t18?,21?,22?,23?,24-,25+/m1/s1. The van der Waals surface area contributed by atoms with Crippen molar-refractivity contribution in [1.82, 2.24) is 5.32 Å². The fraction of sp³-hybridized carbons (Fsp3) is 0.880. The summed E-state index contributed by atoms with van der Waals surface area (Å²) in [6.45, 7) is 11.8. The van der Waals surface area contributed by atoms with Crippen molar-refractivity contribution in [3.8, 4) is 0 Å². The zero-order valence-corrected chi connectivity index (χ0v) is 18.1. The lowest BCUT2D eigenvalue weighted by atomic mass is 9.45. The highest BCUT2D eigenvalue weighted by atomic mass is 16.6. The maximum absolute atomic E-state index is 5.96. The second kappa shape index (κ2) is 7.15. The number of hydrogen-bond donors (Lipinski definition) is 1. The first kappa shape index (κ1) is 19.2. The SMILES string of the molecule is C=C1CCC2C3CCC4CC(=NOC5CCNCC5)CC[C@]4(C)C3CC[C@]12C. The molecule has 5 rings (SSSR count). The Morgan fingerprint density at radius 2 is 1.79 bits per heavy atom. The van der Waals surface area contributed by atoms with Crippen LogP contribution in [0, 0.1) is 34.5 Å². The molecule has 4 saturated carbocycles. The third kappa shape index (κ3) is 2.99. The summed E-state index contributed by atoms with van der Waals surface area (Å²) in [5, 5.41) is 8.09. The number of fused-ring (bicyclic) bond motifs is 5. The van der Waals surface area contributed by atoms with Crippen molar-refractivity contribution in [1.29, 1.82) is 0 Å². The zero-order chi connectivity index (χ0) is 19.4. The number of nitrogens with zero attached hydrogens (tertiary/aromatic N) is 1. The number of rotatable bonds is 2. The minimum Gasteiger partial charge on any atom is -0.392 e. The molecule has 0 spiro atoms. The van der Waals surface area contributed by atoms with E-state index in [1.807, 2.05) is 0 Å². The summed E-state index contributed by atoms with van der Waals surface area (Å²) in [5.74, 6) is 3.62. The summed E-state index contributed by atoms with van der Waals surface area (Å²) < 4.78 is 0. The van der Waals surface area contributed by atoms with E-state index in [1.165, 1.54) is 57.1 Å². The minimum absolute atomic E-state index is 0.337. The summed E-state index contributed by atoms with van der Waals surface area (Å²) in [5.41, 5.74) is 3.90. The Hall–Kier alpha value is -0.830. The fourth-order valence-electron chi connectivity index (χ4n) is 8.10. The van der Waals surface area contributed by atoms with Crippen LogP contribution in [0.15, 0.2) is 17.3 Å². The van der Waals surface area contributed by atoms with Crippen LogP contribution in [0.2, 0.25) is 0 Å². The number of hydrogen-bond acceptors (Lipinski definition) is 3. The van der Waals surface area contributed by atoms with E-state index in [9.17, 15) is 0 Å². The highest BCUT2D eigenvalue weighted by molar-refractivity contribution is 5.85. The lowest BCUT2D eigenvalue weighted by molar-refractivity contribution is -0.0862. The molecule has 1 aliphatic heterocycles. The van der Waals surface area contributed by atoms with Gasteiger partial charge in [-0.05, 0) is 118 Å². The van der Waals surface area contributed by atoms with E-state index < -0.39 is 0 Å². The van der Waals surface area contributed by atoms with Gasteiger partial charge in [0.2, 0.25) is 0 Å². The van der Waals surface area contributed by atoms with E-state index in [2.05, 4.69) is 30.9 Å². The average molecular weight is 385 g/mol. The number of nitrogens with one attached hydrogen (secondary N) is 1. The van der Waals surface area contributed by atoms with Crippen LogP contribution in [-0.2, 0) is 4.84 Å². The molecule has 1 heterocycles. The molecule has 0 radical (unpaired) electrons. The van der Waals surface area contributed by atoms with Crippen LogP contribution in [-0.4, -0.2) is 24.9 Å². The Morgan fingerprint density at radius 3 is 2.61 bits per heavy atom. The van der Waals surface area contributed by atoms with E-state index in [1.54, 1.807) is 5.57 Å². The third-order valence-electron chi connectivity index (χ3n) is 10.1. The van der Waals surface area contributed by atoms with E-state index in [0.29, 0.717) is 16.9 Å². The van der Waals surface area contributed by atoms with Gasteiger partial charge in [-0.15, -0.1) is 0 Å². The van der Waals surface area contributed by atoms with Crippen LogP contribution < -0.4 is 5.32 Å².